The third-order valence-corrected chi connectivity index (χ3v) is 1.29. The number of nitrogens with zero attached hydrogens (tertiary/aromatic N) is 2. The third kappa shape index (κ3) is 1.84. The molecule has 0 aromatic carbocycles. The van der Waals surface area contributed by atoms with Crippen molar-refractivity contribution >= 4 is 16.7 Å². The quantitative estimate of drug-likeness (QED) is 0.696. The Morgan fingerprint density at radius 3 is 2.70 bits per heavy atom. The van der Waals surface area contributed by atoms with Gasteiger partial charge in [0, 0.05) is 11.5 Å². The van der Waals surface area contributed by atoms with E-state index >= 15 is 0 Å². The van der Waals surface area contributed by atoms with E-state index in [0.29, 0.717) is 11.1 Å². The second kappa shape index (κ2) is 2.83. The van der Waals surface area contributed by atoms with Crippen molar-refractivity contribution in [2.75, 3.05) is 5.73 Å². The summed E-state index contributed by atoms with van der Waals surface area (Å²) in [6.07, 6.45) is 0.106. The Labute approximate surface area is 63.2 Å². The average molecular weight is 159 g/mol. The van der Waals surface area contributed by atoms with Crippen LogP contribution in [0.1, 0.15) is 13.8 Å². The van der Waals surface area contributed by atoms with Crippen LogP contribution in [0.3, 0.4) is 0 Å². The minimum Gasteiger partial charge on any atom is -0.460 e. The molecule has 0 saturated heterocycles. The van der Waals surface area contributed by atoms with Crippen LogP contribution < -0.4 is 10.5 Å². The van der Waals surface area contributed by atoms with E-state index in [0.717, 1.165) is 11.5 Å². The maximum atomic E-state index is 5.32. The second-order valence-corrected chi connectivity index (χ2v) is 2.87. The van der Waals surface area contributed by atoms with Crippen molar-refractivity contribution in [1.29, 1.82) is 0 Å². The van der Waals surface area contributed by atoms with E-state index in [-0.39, 0.29) is 6.10 Å². The van der Waals surface area contributed by atoms with Gasteiger partial charge >= 0.3 is 6.01 Å². The number of nitrogens with two attached hydrogens (primary N) is 1. The van der Waals surface area contributed by atoms with E-state index < -0.39 is 0 Å². The largest absolute Gasteiger partial charge is 0.460 e. The van der Waals surface area contributed by atoms with E-state index in [1.165, 1.54) is 0 Å². The lowest BCUT2D eigenvalue weighted by Gasteiger charge is -2.02. The fraction of sp³-hybridized carbons (Fsp3) is 0.600. The molecule has 0 bridgehead atoms. The van der Waals surface area contributed by atoms with Crippen LogP contribution in [0.25, 0.3) is 0 Å². The summed E-state index contributed by atoms with van der Waals surface area (Å²) >= 11 is 1.14. The zero-order chi connectivity index (χ0) is 7.56. The number of aromatic nitrogens is 2. The Bertz CT molecular complexity index is 210. The minimum atomic E-state index is 0.106. The van der Waals surface area contributed by atoms with Crippen molar-refractivity contribution in [2.45, 2.75) is 20.0 Å². The summed E-state index contributed by atoms with van der Waals surface area (Å²) in [5, 5.41) is 0.440. The van der Waals surface area contributed by atoms with Crippen molar-refractivity contribution in [3.05, 3.63) is 0 Å². The van der Waals surface area contributed by atoms with Gasteiger partial charge in [-0.2, -0.15) is 4.98 Å². The SMILES string of the molecule is CC(C)Oc1nsc(N)n1. The van der Waals surface area contributed by atoms with Gasteiger partial charge in [-0.05, 0) is 13.8 Å². The van der Waals surface area contributed by atoms with Gasteiger partial charge in [-0.25, -0.2) is 0 Å². The number of nitrogen functional groups attached to an aromatic ring is 1. The van der Waals surface area contributed by atoms with Crippen LogP contribution in [0.2, 0.25) is 0 Å². The molecule has 0 unspecified atom stereocenters. The molecule has 0 saturated carbocycles. The lowest BCUT2D eigenvalue weighted by Crippen LogP contribution is -2.06. The molecular weight excluding hydrogens is 150 g/mol. The maximum absolute atomic E-state index is 5.32. The van der Waals surface area contributed by atoms with E-state index in [1.807, 2.05) is 13.8 Å². The van der Waals surface area contributed by atoms with Crippen LogP contribution in [0.5, 0.6) is 6.01 Å². The molecule has 0 radical (unpaired) electrons. The number of hydrogen-bond acceptors (Lipinski definition) is 5. The Morgan fingerprint density at radius 2 is 2.30 bits per heavy atom. The van der Waals surface area contributed by atoms with Crippen molar-refractivity contribution in [3.8, 4) is 6.01 Å². The molecule has 10 heavy (non-hydrogen) atoms. The Morgan fingerprint density at radius 1 is 1.60 bits per heavy atom. The first-order valence-corrected chi connectivity index (χ1v) is 3.71. The van der Waals surface area contributed by atoms with Crippen molar-refractivity contribution in [3.63, 3.8) is 0 Å². The van der Waals surface area contributed by atoms with Crippen LogP contribution in [0, 0.1) is 0 Å². The van der Waals surface area contributed by atoms with Gasteiger partial charge in [-0.15, -0.1) is 4.37 Å². The van der Waals surface area contributed by atoms with Gasteiger partial charge in [0.15, 0.2) is 0 Å². The zero-order valence-corrected chi connectivity index (χ0v) is 6.68. The summed E-state index contributed by atoms with van der Waals surface area (Å²) in [6.45, 7) is 3.83. The molecule has 0 aliphatic heterocycles. The van der Waals surface area contributed by atoms with Crippen LogP contribution in [0.15, 0.2) is 0 Å². The van der Waals surface area contributed by atoms with Gasteiger partial charge in [0.25, 0.3) is 0 Å². The van der Waals surface area contributed by atoms with Crippen LogP contribution in [0.4, 0.5) is 5.13 Å². The fourth-order valence-electron chi connectivity index (χ4n) is 0.480. The second-order valence-electron chi connectivity index (χ2n) is 2.08. The summed E-state index contributed by atoms with van der Waals surface area (Å²) in [5.74, 6) is 0. The molecule has 56 valence electrons. The first-order valence-electron chi connectivity index (χ1n) is 2.94. The molecule has 0 atom stereocenters. The van der Waals surface area contributed by atoms with Crippen molar-refractivity contribution in [1.82, 2.24) is 9.36 Å². The average Bonchev–Trinajstić information content (AvgIpc) is 2.13. The van der Waals surface area contributed by atoms with E-state index in [9.17, 15) is 0 Å². The molecule has 0 spiro atoms. The topological polar surface area (TPSA) is 61.0 Å². The van der Waals surface area contributed by atoms with Crippen LogP contribution in [-0.4, -0.2) is 15.5 Å². The molecule has 0 amide bonds. The number of ether oxygens (including phenoxy) is 1. The molecular formula is C5H9N3OS. The Kier molecular flexibility index (Phi) is 2.06. The summed E-state index contributed by atoms with van der Waals surface area (Å²) in [7, 11) is 0. The summed E-state index contributed by atoms with van der Waals surface area (Å²) in [6, 6.07) is 0.373. The highest BCUT2D eigenvalue weighted by Crippen LogP contribution is 2.12. The third-order valence-electron chi connectivity index (χ3n) is 0.764. The molecule has 0 aliphatic carbocycles. The number of rotatable bonds is 2. The molecule has 5 heteroatoms. The normalized spacial score (nSPS) is 10.3. The molecule has 0 aliphatic rings. The van der Waals surface area contributed by atoms with Gasteiger partial charge in [-0.1, -0.05) is 0 Å². The summed E-state index contributed by atoms with van der Waals surface area (Å²) in [4.78, 5) is 3.81. The highest BCUT2D eigenvalue weighted by molar-refractivity contribution is 7.09. The molecule has 2 N–H and O–H groups in total. The van der Waals surface area contributed by atoms with Gasteiger partial charge in [0.1, 0.15) is 0 Å². The van der Waals surface area contributed by atoms with Gasteiger partial charge in [0.05, 0.1) is 6.10 Å². The predicted molar refractivity (Wildman–Crippen MR) is 40.1 cm³/mol. The molecule has 1 rings (SSSR count). The number of hydrogen-bond donors (Lipinski definition) is 1. The van der Waals surface area contributed by atoms with Crippen LogP contribution in [-0.2, 0) is 0 Å². The van der Waals surface area contributed by atoms with E-state index in [2.05, 4.69) is 9.36 Å². The molecule has 4 nitrogen and oxygen atoms in total. The van der Waals surface area contributed by atoms with Gasteiger partial charge in [-0.3, -0.25) is 0 Å². The van der Waals surface area contributed by atoms with Crippen LogP contribution >= 0.6 is 11.5 Å². The summed E-state index contributed by atoms with van der Waals surface area (Å²) in [5.41, 5.74) is 5.32. The molecule has 1 aromatic rings. The molecule has 1 heterocycles. The Balaban J connectivity index is 2.58. The maximum Gasteiger partial charge on any atom is 0.330 e. The highest BCUT2D eigenvalue weighted by Gasteiger charge is 2.02. The van der Waals surface area contributed by atoms with E-state index in [1.54, 1.807) is 0 Å². The smallest absolute Gasteiger partial charge is 0.330 e. The Hall–Kier alpha value is -0.840. The van der Waals surface area contributed by atoms with Crippen molar-refractivity contribution < 1.29 is 4.74 Å². The molecule has 1 aromatic heterocycles. The standard InChI is InChI=1S/C5H9N3OS/c1-3(2)9-5-7-4(6)10-8-5/h3H,1-2H3,(H2,6,7,8). The lowest BCUT2D eigenvalue weighted by atomic mass is 10.5. The number of anilines is 1. The molecule has 0 fully saturated rings. The predicted octanol–water partition coefficient (Wildman–Crippen LogP) is 0.907. The monoisotopic (exact) mass is 159 g/mol. The fourth-order valence-corrected chi connectivity index (χ4v) is 0.854. The first kappa shape index (κ1) is 7.27. The first-order chi connectivity index (χ1) is 4.68. The van der Waals surface area contributed by atoms with E-state index in [4.69, 9.17) is 10.5 Å². The van der Waals surface area contributed by atoms with Gasteiger partial charge < -0.3 is 10.5 Å². The van der Waals surface area contributed by atoms with Crippen molar-refractivity contribution in [2.24, 2.45) is 0 Å². The highest BCUT2D eigenvalue weighted by atomic mass is 32.1. The summed E-state index contributed by atoms with van der Waals surface area (Å²) < 4.78 is 8.98. The van der Waals surface area contributed by atoms with Gasteiger partial charge in [0.2, 0.25) is 5.13 Å². The minimum absolute atomic E-state index is 0.106. The lowest BCUT2D eigenvalue weighted by molar-refractivity contribution is 0.225. The zero-order valence-electron chi connectivity index (χ0n) is 5.87.